The van der Waals surface area contributed by atoms with Gasteiger partial charge in [-0.1, -0.05) is 30.3 Å². The molecule has 0 aliphatic rings. The van der Waals surface area contributed by atoms with Crippen molar-refractivity contribution >= 4 is 17.3 Å². The topological polar surface area (TPSA) is 59.0 Å². The first-order valence-electron chi connectivity index (χ1n) is 8.55. The average molecular weight is 377 g/mol. The highest BCUT2D eigenvalue weighted by Crippen LogP contribution is 2.21. The molecule has 1 aromatic carbocycles. The Hall–Kier alpha value is -1.96. The minimum Gasteiger partial charge on any atom is -0.375 e. The van der Waals surface area contributed by atoms with Crippen LogP contribution in [-0.2, 0) is 16.0 Å². The predicted molar refractivity (Wildman–Crippen MR) is 107 cm³/mol. The number of benzene rings is 1. The smallest absolute Gasteiger partial charge is 0.193 e. The molecule has 2 aromatic rings. The number of aromatic nitrogens is 1. The van der Waals surface area contributed by atoms with E-state index in [2.05, 4.69) is 32.8 Å². The van der Waals surface area contributed by atoms with Crippen molar-refractivity contribution in [1.29, 1.82) is 0 Å². The van der Waals surface area contributed by atoms with E-state index in [9.17, 15) is 0 Å². The number of methoxy groups -OCH3 is 2. The molecule has 0 radical (unpaired) electrons. The van der Waals surface area contributed by atoms with Crippen LogP contribution in [0, 0.1) is 0 Å². The minimum absolute atomic E-state index is 0.0184. The van der Waals surface area contributed by atoms with Gasteiger partial charge in [0, 0.05) is 40.2 Å². The molecule has 2 unspecified atom stereocenters. The quantitative estimate of drug-likeness (QED) is 0.566. The molecule has 26 heavy (non-hydrogen) atoms. The summed E-state index contributed by atoms with van der Waals surface area (Å²) in [5.74, 6) is 0.803. The molecule has 0 aliphatic heterocycles. The van der Waals surface area contributed by atoms with E-state index in [1.54, 1.807) is 32.6 Å². The van der Waals surface area contributed by atoms with Crippen molar-refractivity contribution < 1.29 is 9.47 Å². The molecule has 1 aromatic heterocycles. The van der Waals surface area contributed by atoms with Crippen LogP contribution in [0.2, 0.25) is 0 Å². The summed E-state index contributed by atoms with van der Waals surface area (Å²) in [4.78, 5) is 11.1. The average Bonchev–Trinajstić information content (AvgIpc) is 3.13. The number of guanidine groups is 1. The van der Waals surface area contributed by atoms with Gasteiger partial charge in [0.15, 0.2) is 5.96 Å². The molecule has 2 rings (SSSR count). The molecular formula is C19H28N4O2S. The van der Waals surface area contributed by atoms with Crippen LogP contribution in [0.5, 0.6) is 0 Å². The monoisotopic (exact) mass is 376 g/mol. The fraction of sp³-hybridized carbons (Fsp3) is 0.474. The number of hydrogen-bond acceptors (Lipinski definition) is 5. The fourth-order valence-electron chi connectivity index (χ4n) is 2.57. The van der Waals surface area contributed by atoms with E-state index in [1.165, 1.54) is 0 Å². The molecule has 6 nitrogen and oxygen atoms in total. The maximum Gasteiger partial charge on any atom is 0.193 e. The summed E-state index contributed by atoms with van der Waals surface area (Å²) in [6.07, 6.45) is -0.0143. The lowest BCUT2D eigenvalue weighted by atomic mass is 10.1. The van der Waals surface area contributed by atoms with Gasteiger partial charge in [0.25, 0.3) is 0 Å². The van der Waals surface area contributed by atoms with E-state index < -0.39 is 0 Å². The summed E-state index contributed by atoms with van der Waals surface area (Å²) in [7, 11) is 7.20. The summed E-state index contributed by atoms with van der Waals surface area (Å²) < 4.78 is 10.9. The van der Waals surface area contributed by atoms with Gasteiger partial charge in [0.2, 0.25) is 0 Å². The van der Waals surface area contributed by atoms with Crippen LogP contribution >= 0.6 is 11.3 Å². The SMILES string of the molecule is CN=C(NCC(OC)c1ccccc1)N(C)Cc1csc(C(C)OC)n1. The van der Waals surface area contributed by atoms with Crippen molar-refractivity contribution in [3.8, 4) is 0 Å². The standard InChI is InChI=1S/C19H28N4O2S/c1-14(24-4)18-22-16(13-26-18)12-23(3)19(20-2)21-11-17(25-5)15-9-7-6-8-10-15/h6-10,13-14,17H,11-12H2,1-5H3,(H,20,21). The van der Waals surface area contributed by atoms with Crippen LogP contribution < -0.4 is 5.32 Å². The Morgan fingerprint density at radius 3 is 2.62 bits per heavy atom. The van der Waals surface area contributed by atoms with E-state index in [0.29, 0.717) is 13.1 Å². The Bertz CT molecular complexity index is 690. The van der Waals surface area contributed by atoms with E-state index in [-0.39, 0.29) is 12.2 Å². The van der Waals surface area contributed by atoms with Gasteiger partial charge in [-0.15, -0.1) is 11.3 Å². The normalized spacial score (nSPS) is 14.1. The molecule has 0 fully saturated rings. The molecule has 0 spiro atoms. The van der Waals surface area contributed by atoms with Gasteiger partial charge in [-0.3, -0.25) is 4.99 Å². The lowest BCUT2D eigenvalue weighted by Crippen LogP contribution is -2.40. The van der Waals surface area contributed by atoms with E-state index in [0.717, 1.165) is 22.2 Å². The highest BCUT2D eigenvalue weighted by Gasteiger charge is 2.15. The number of rotatable bonds is 8. The van der Waals surface area contributed by atoms with Gasteiger partial charge in [0.05, 0.1) is 18.3 Å². The molecule has 1 heterocycles. The second-order valence-corrected chi connectivity index (χ2v) is 6.86. The summed E-state index contributed by atoms with van der Waals surface area (Å²) in [6.45, 7) is 3.32. The number of ether oxygens (including phenoxy) is 2. The van der Waals surface area contributed by atoms with Crippen molar-refractivity contribution in [2.24, 2.45) is 4.99 Å². The van der Waals surface area contributed by atoms with E-state index >= 15 is 0 Å². The Morgan fingerprint density at radius 2 is 2.00 bits per heavy atom. The Balaban J connectivity index is 1.94. The third-order valence-electron chi connectivity index (χ3n) is 4.14. The van der Waals surface area contributed by atoms with Gasteiger partial charge in [0.1, 0.15) is 11.1 Å². The fourth-order valence-corrected chi connectivity index (χ4v) is 3.42. The molecule has 0 saturated carbocycles. The van der Waals surface area contributed by atoms with Crippen molar-refractivity contribution in [3.63, 3.8) is 0 Å². The summed E-state index contributed by atoms with van der Waals surface area (Å²) in [5.41, 5.74) is 2.14. The first-order chi connectivity index (χ1) is 12.6. The Morgan fingerprint density at radius 1 is 1.27 bits per heavy atom. The third-order valence-corrected chi connectivity index (χ3v) is 5.20. The molecule has 0 saturated heterocycles. The lowest BCUT2D eigenvalue weighted by Gasteiger charge is -2.24. The molecule has 7 heteroatoms. The van der Waals surface area contributed by atoms with Crippen LogP contribution in [0.4, 0.5) is 0 Å². The highest BCUT2D eigenvalue weighted by molar-refractivity contribution is 7.09. The lowest BCUT2D eigenvalue weighted by molar-refractivity contribution is 0.106. The zero-order valence-corrected chi connectivity index (χ0v) is 16.9. The molecular weight excluding hydrogens is 348 g/mol. The highest BCUT2D eigenvalue weighted by atomic mass is 32.1. The maximum atomic E-state index is 5.61. The zero-order valence-electron chi connectivity index (χ0n) is 16.1. The second-order valence-electron chi connectivity index (χ2n) is 5.97. The first-order valence-corrected chi connectivity index (χ1v) is 9.43. The summed E-state index contributed by atoms with van der Waals surface area (Å²) in [6, 6.07) is 10.2. The number of aliphatic imine (C=N–C) groups is 1. The number of thiazole rings is 1. The summed E-state index contributed by atoms with van der Waals surface area (Å²) in [5, 5.41) is 6.44. The largest absolute Gasteiger partial charge is 0.375 e. The molecule has 1 N–H and O–H groups in total. The second kappa shape index (κ2) is 10.3. The van der Waals surface area contributed by atoms with Gasteiger partial charge >= 0.3 is 0 Å². The minimum atomic E-state index is -0.0326. The zero-order chi connectivity index (χ0) is 18.9. The maximum absolute atomic E-state index is 5.61. The third kappa shape index (κ3) is 5.52. The molecule has 0 aliphatic carbocycles. The van der Waals surface area contributed by atoms with Crippen LogP contribution in [0.25, 0.3) is 0 Å². The van der Waals surface area contributed by atoms with Crippen LogP contribution in [0.1, 0.15) is 35.4 Å². The van der Waals surface area contributed by atoms with Crippen LogP contribution in [0.15, 0.2) is 40.7 Å². The Kier molecular flexibility index (Phi) is 8.03. The van der Waals surface area contributed by atoms with Gasteiger partial charge < -0.3 is 19.7 Å². The molecule has 2 atom stereocenters. The van der Waals surface area contributed by atoms with Gasteiger partial charge in [-0.2, -0.15) is 0 Å². The molecule has 0 amide bonds. The first kappa shape index (κ1) is 20.4. The van der Waals surface area contributed by atoms with Gasteiger partial charge in [-0.05, 0) is 12.5 Å². The van der Waals surface area contributed by atoms with Gasteiger partial charge in [-0.25, -0.2) is 4.98 Å². The molecule has 142 valence electrons. The predicted octanol–water partition coefficient (Wildman–Crippen LogP) is 3.25. The number of nitrogens with zero attached hydrogens (tertiary/aromatic N) is 3. The van der Waals surface area contributed by atoms with Crippen LogP contribution in [0.3, 0.4) is 0 Å². The Labute approximate surface area is 159 Å². The van der Waals surface area contributed by atoms with Crippen LogP contribution in [-0.4, -0.2) is 50.7 Å². The molecule has 0 bridgehead atoms. The van der Waals surface area contributed by atoms with Crippen molar-refractivity contribution in [2.75, 3.05) is 34.9 Å². The van der Waals surface area contributed by atoms with E-state index in [4.69, 9.17) is 9.47 Å². The number of hydrogen-bond donors (Lipinski definition) is 1. The van der Waals surface area contributed by atoms with Crippen molar-refractivity contribution in [3.05, 3.63) is 52.0 Å². The summed E-state index contributed by atoms with van der Waals surface area (Å²) >= 11 is 1.62. The van der Waals surface area contributed by atoms with Crippen molar-refractivity contribution in [1.82, 2.24) is 15.2 Å². The van der Waals surface area contributed by atoms with E-state index in [1.807, 2.05) is 37.1 Å². The van der Waals surface area contributed by atoms with Crippen molar-refractivity contribution in [2.45, 2.75) is 25.7 Å². The number of nitrogens with one attached hydrogen (secondary N) is 1.